The quantitative estimate of drug-likeness (QED) is 0.309. The van der Waals surface area contributed by atoms with Crippen molar-refractivity contribution in [2.45, 2.75) is 25.7 Å². The molecule has 0 saturated carbocycles. The van der Waals surface area contributed by atoms with E-state index in [9.17, 15) is 9.59 Å². The van der Waals surface area contributed by atoms with E-state index >= 15 is 0 Å². The Balaban J connectivity index is 1.21. The van der Waals surface area contributed by atoms with Crippen LogP contribution in [0.5, 0.6) is 0 Å². The fourth-order valence-electron chi connectivity index (χ4n) is 4.83. The molecule has 184 valence electrons. The maximum absolute atomic E-state index is 13.1. The van der Waals surface area contributed by atoms with E-state index in [0.717, 1.165) is 67.2 Å². The van der Waals surface area contributed by atoms with Crippen LogP contribution < -0.4 is 0 Å². The van der Waals surface area contributed by atoms with Crippen molar-refractivity contribution >= 4 is 17.1 Å². The second-order valence-electron chi connectivity index (χ2n) is 9.32. The lowest BCUT2D eigenvalue weighted by atomic mass is 9.97. The van der Waals surface area contributed by atoms with Crippen LogP contribution >= 0.6 is 0 Å². The lowest BCUT2D eigenvalue weighted by Crippen LogP contribution is -2.36. The minimum absolute atomic E-state index is 0.123. The van der Waals surface area contributed by atoms with Gasteiger partial charge in [0.25, 0.3) is 0 Å². The number of fused-ring (bicyclic) bond motifs is 1. The first-order valence-corrected chi connectivity index (χ1v) is 12.6. The summed E-state index contributed by atoms with van der Waals surface area (Å²) < 4.78 is 7.37. The smallest absolute Gasteiger partial charge is 0.162 e. The van der Waals surface area contributed by atoms with Crippen LogP contribution in [0.1, 0.15) is 34.5 Å². The molecule has 0 N–H and O–H groups in total. The minimum Gasteiger partial charge on any atom is -0.379 e. The Morgan fingerprint density at radius 3 is 2.44 bits per heavy atom. The number of imidazole rings is 1. The standard InChI is InChI=1S/C30H31N3O3/c34-27(20-29-28(24-5-2-1-3-6-24)13-12-26-21-31-22-33(26)29)19-23-8-10-25(11-9-23)30(35)7-4-14-32-15-17-36-18-16-32/h1-3,5-6,8-13,21-22H,4,7,14-20H2. The highest BCUT2D eigenvalue weighted by Gasteiger charge is 2.15. The van der Waals surface area contributed by atoms with Crippen molar-refractivity contribution in [3.8, 4) is 11.1 Å². The molecule has 36 heavy (non-hydrogen) atoms. The van der Waals surface area contributed by atoms with Gasteiger partial charge in [0.05, 0.1) is 31.3 Å². The van der Waals surface area contributed by atoms with Crippen molar-refractivity contribution < 1.29 is 14.3 Å². The fraction of sp³-hybridized carbons (Fsp3) is 0.300. The van der Waals surface area contributed by atoms with E-state index in [4.69, 9.17) is 4.74 Å². The number of morpholine rings is 1. The lowest BCUT2D eigenvalue weighted by Gasteiger charge is -2.26. The fourth-order valence-corrected chi connectivity index (χ4v) is 4.83. The summed E-state index contributed by atoms with van der Waals surface area (Å²) in [6.45, 7) is 4.37. The molecule has 6 heteroatoms. The molecule has 1 saturated heterocycles. The molecule has 0 amide bonds. The zero-order valence-corrected chi connectivity index (χ0v) is 20.4. The predicted molar refractivity (Wildman–Crippen MR) is 140 cm³/mol. The van der Waals surface area contributed by atoms with Crippen LogP contribution in [0.4, 0.5) is 0 Å². The number of ether oxygens (including phenoxy) is 1. The molecule has 2 aromatic carbocycles. The van der Waals surface area contributed by atoms with Gasteiger partial charge in [-0.25, -0.2) is 4.98 Å². The van der Waals surface area contributed by atoms with Crippen LogP contribution in [0.2, 0.25) is 0 Å². The van der Waals surface area contributed by atoms with Gasteiger partial charge in [-0.05, 0) is 30.2 Å². The van der Waals surface area contributed by atoms with Gasteiger partial charge in [-0.2, -0.15) is 0 Å². The molecule has 1 fully saturated rings. The zero-order chi connectivity index (χ0) is 24.7. The van der Waals surface area contributed by atoms with Crippen molar-refractivity contribution in [2.75, 3.05) is 32.8 Å². The minimum atomic E-state index is 0.123. The number of pyridine rings is 1. The zero-order valence-electron chi connectivity index (χ0n) is 20.4. The summed E-state index contributed by atoms with van der Waals surface area (Å²) in [5.74, 6) is 0.276. The topological polar surface area (TPSA) is 63.9 Å². The number of hydrogen-bond acceptors (Lipinski definition) is 5. The Labute approximate surface area is 211 Å². The predicted octanol–water partition coefficient (Wildman–Crippen LogP) is 4.65. The van der Waals surface area contributed by atoms with Crippen molar-refractivity contribution in [2.24, 2.45) is 0 Å². The first-order valence-electron chi connectivity index (χ1n) is 12.6. The molecule has 5 rings (SSSR count). The van der Waals surface area contributed by atoms with Crippen molar-refractivity contribution in [3.05, 3.63) is 96.1 Å². The summed E-state index contributed by atoms with van der Waals surface area (Å²) in [6.07, 6.45) is 5.59. The van der Waals surface area contributed by atoms with Gasteiger partial charge in [0.2, 0.25) is 0 Å². The maximum atomic E-state index is 13.1. The van der Waals surface area contributed by atoms with Gasteiger partial charge in [0.15, 0.2) is 5.78 Å². The molecule has 0 atom stereocenters. The first kappa shape index (κ1) is 24.1. The molecular formula is C30H31N3O3. The highest BCUT2D eigenvalue weighted by molar-refractivity contribution is 5.96. The Morgan fingerprint density at radius 2 is 1.67 bits per heavy atom. The van der Waals surface area contributed by atoms with Gasteiger partial charge in [-0.1, -0.05) is 60.7 Å². The number of carbonyl (C=O) groups is 2. The van der Waals surface area contributed by atoms with Crippen LogP contribution in [0, 0.1) is 0 Å². The Hall–Kier alpha value is -3.61. The number of carbonyl (C=O) groups excluding carboxylic acids is 2. The summed E-state index contributed by atoms with van der Waals surface area (Å²) in [4.78, 5) is 32.4. The average molecular weight is 482 g/mol. The van der Waals surface area contributed by atoms with E-state index in [1.807, 2.05) is 52.9 Å². The van der Waals surface area contributed by atoms with E-state index in [-0.39, 0.29) is 11.6 Å². The van der Waals surface area contributed by atoms with Crippen molar-refractivity contribution in [3.63, 3.8) is 0 Å². The third-order valence-electron chi connectivity index (χ3n) is 6.80. The first-order chi connectivity index (χ1) is 17.7. The second kappa shape index (κ2) is 11.4. The monoisotopic (exact) mass is 481 g/mol. The number of Topliss-reactive ketones (excluding diaryl/α,β-unsaturated/α-hetero) is 2. The third kappa shape index (κ3) is 5.78. The number of ketones is 2. The van der Waals surface area contributed by atoms with Gasteiger partial charge >= 0.3 is 0 Å². The van der Waals surface area contributed by atoms with E-state index in [1.165, 1.54) is 0 Å². The SMILES string of the molecule is O=C(Cc1ccc(C(=O)CCCN2CCOCC2)cc1)Cc1c(-c2ccccc2)ccc2cncn12. The van der Waals surface area contributed by atoms with Crippen LogP contribution in [0.25, 0.3) is 16.6 Å². The largest absolute Gasteiger partial charge is 0.379 e. The van der Waals surface area contributed by atoms with Crippen molar-refractivity contribution in [1.82, 2.24) is 14.3 Å². The maximum Gasteiger partial charge on any atom is 0.162 e. The van der Waals surface area contributed by atoms with E-state index < -0.39 is 0 Å². The van der Waals surface area contributed by atoms with E-state index in [0.29, 0.717) is 24.8 Å². The molecule has 1 aliphatic rings. The molecular weight excluding hydrogens is 450 g/mol. The van der Waals surface area contributed by atoms with Gasteiger partial charge in [-0.15, -0.1) is 0 Å². The normalized spacial score (nSPS) is 14.2. The molecule has 0 unspecified atom stereocenters. The molecule has 0 radical (unpaired) electrons. The summed E-state index contributed by atoms with van der Waals surface area (Å²) in [5.41, 5.74) is 5.65. The van der Waals surface area contributed by atoms with Gasteiger partial charge in [-0.3, -0.25) is 14.5 Å². The summed E-state index contributed by atoms with van der Waals surface area (Å²) in [5, 5.41) is 0. The lowest BCUT2D eigenvalue weighted by molar-refractivity contribution is -0.117. The highest BCUT2D eigenvalue weighted by atomic mass is 16.5. The Bertz CT molecular complexity index is 1320. The van der Waals surface area contributed by atoms with E-state index in [1.54, 1.807) is 12.5 Å². The van der Waals surface area contributed by atoms with Crippen LogP contribution in [-0.4, -0.2) is 58.7 Å². The molecule has 0 aliphatic carbocycles. The van der Waals surface area contributed by atoms with Gasteiger partial charge < -0.3 is 9.14 Å². The number of benzene rings is 2. The number of rotatable bonds is 10. The van der Waals surface area contributed by atoms with Crippen molar-refractivity contribution in [1.29, 1.82) is 0 Å². The van der Waals surface area contributed by atoms with Crippen LogP contribution in [0.3, 0.4) is 0 Å². The molecule has 0 spiro atoms. The summed E-state index contributed by atoms with van der Waals surface area (Å²) in [7, 11) is 0. The number of nitrogens with zero attached hydrogens (tertiary/aromatic N) is 3. The summed E-state index contributed by atoms with van der Waals surface area (Å²) in [6, 6.07) is 21.7. The molecule has 4 aromatic rings. The molecule has 6 nitrogen and oxygen atoms in total. The molecule has 2 aromatic heterocycles. The van der Waals surface area contributed by atoms with Crippen LogP contribution in [-0.2, 0) is 22.4 Å². The van der Waals surface area contributed by atoms with Gasteiger partial charge in [0.1, 0.15) is 5.78 Å². The van der Waals surface area contributed by atoms with Gasteiger partial charge in [0, 0.05) is 49.2 Å². The Kier molecular flexibility index (Phi) is 7.64. The molecule has 3 heterocycles. The van der Waals surface area contributed by atoms with Crippen LogP contribution in [0.15, 0.2) is 79.3 Å². The highest BCUT2D eigenvalue weighted by Crippen LogP contribution is 2.26. The Morgan fingerprint density at radius 1 is 0.889 bits per heavy atom. The third-order valence-corrected chi connectivity index (χ3v) is 6.80. The molecule has 0 bridgehead atoms. The van der Waals surface area contributed by atoms with E-state index in [2.05, 4.69) is 28.1 Å². The average Bonchev–Trinajstić information content (AvgIpc) is 3.40. The molecule has 1 aliphatic heterocycles. The number of hydrogen-bond donors (Lipinski definition) is 0. The second-order valence-corrected chi connectivity index (χ2v) is 9.32. The summed E-state index contributed by atoms with van der Waals surface area (Å²) >= 11 is 0. The number of aromatic nitrogens is 2.